The minimum Gasteiger partial charge on any atom is -0.477 e. The molecule has 3 fully saturated rings. The lowest BCUT2D eigenvalue weighted by Gasteiger charge is -2.42. The Morgan fingerprint density at radius 1 is 0.968 bits per heavy atom. The fraction of sp³-hybridized carbons (Fsp3) is 0.457. The first-order chi connectivity index (χ1) is 29.8. The molecule has 16 heteroatoms. The summed E-state index contributed by atoms with van der Waals surface area (Å²) in [5.74, 6) is -2.91. The number of amides is 4. The predicted octanol–water partition coefficient (Wildman–Crippen LogP) is 6.31. The number of halogens is 2. The third-order valence-electron chi connectivity index (χ3n) is 13.3. The van der Waals surface area contributed by atoms with E-state index in [1.54, 1.807) is 29.1 Å². The molecule has 0 radical (unpaired) electrons. The highest BCUT2D eigenvalue weighted by atomic mass is 19.1. The van der Waals surface area contributed by atoms with Crippen LogP contribution >= 0.6 is 0 Å². The van der Waals surface area contributed by atoms with Gasteiger partial charge in [0.1, 0.15) is 11.6 Å². The molecule has 5 atom stereocenters. The Morgan fingerprint density at radius 3 is 2.47 bits per heavy atom. The van der Waals surface area contributed by atoms with Gasteiger partial charge in [0.05, 0.1) is 41.0 Å². The van der Waals surface area contributed by atoms with Crippen molar-refractivity contribution in [3.63, 3.8) is 0 Å². The van der Waals surface area contributed by atoms with Crippen LogP contribution in [0.5, 0.6) is 5.88 Å². The number of benzene rings is 2. The summed E-state index contributed by atoms with van der Waals surface area (Å²) in [4.78, 5) is 65.9. The molecule has 3 aromatic heterocycles. The number of imidazole rings is 1. The van der Waals surface area contributed by atoms with Crippen LogP contribution in [0.15, 0.2) is 48.7 Å². The Bertz CT molecular complexity index is 2570. The normalized spacial score (nSPS) is 23.1. The van der Waals surface area contributed by atoms with E-state index < -0.39 is 29.4 Å². The van der Waals surface area contributed by atoms with Crippen LogP contribution in [0, 0.1) is 24.5 Å². The van der Waals surface area contributed by atoms with E-state index in [2.05, 4.69) is 27.6 Å². The minimum atomic E-state index is -1.03. The van der Waals surface area contributed by atoms with Crippen LogP contribution in [-0.2, 0) is 29.6 Å². The molecular weight excluding hydrogens is 797 g/mol. The standard InChI is InChI=1S/C46H51F2N9O5/c1-25-6-5-15-62-45-34(23-49-55(45)4)38-19-29(16-26(2)50-38)42(59)53-46-51-37-11-7-28(20-39(37)57(46)24-25)44(61)54(3)32-21-30-8-9-31(22-32)56(30)14-13-27-17-35(47)41(36(48)18-27)33-10-12-40(58)52-43(33)60/h7,11,16-20,23,25,30-33H,5-6,8-10,12-15,21-22,24H2,1-4H3,(H,51,53,59)(H,52,58,60)/t25-,30-,31+,32?,33-/m1/s1. The second-order valence-electron chi connectivity index (χ2n) is 17.6. The van der Waals surface area contributed by atoms with E-state index in [-0.39, 0.29) is 54.3 Å². The Morgan fingerprint density at radius 2 is 1.73 bits per heavy atom. The number of pyridine rings is 1. The number of fused-ring (bicyclic) bond motifs is 9. The average Bonchev–Trinajstić information content (AvgIpc) is 3.85. The number of imide groups is 1. The van der Waals surface area contributed by atoms with Crippen molar-refractivity contribution in [1.82, 2.24) is 39.4 Å². The molecule has 3 saturated heterocycles. The van der Waals surface area contributed by atoms with Gasteiger partial charge in [-0.05, 0) is 112 Å². The monoisotopic (exact) mass is 847 g/mol. The van der Waals surface area contributed by atoms with Gasteiger partial charge in [-0.15, -0.1) is 0 Å². The highest BCUT2D eigenvalue weighted by Crippen LogP contribution is 2.39. The van der Waals surface area contributed by atoms with Crippen molar-refractivity contribution in [3.05, 3.63) is 88.2 Å². The van der Waals surface area contributed by atoms with Crippen LogP contribution in [-0.4, -0.2) is 96.1 Å². The summed E-state index contributed by atoms with van der Waals surface area (Å²) in [6.07, 6.45) is 7.42. The van der Waals surface area contributed by atoms with Gasteiger partial charge >= 0.3 is 0 Å². The van der Waals surface area contributed by atoms with E-state index in [4.69, 9.17) is 14.7 Å². The van der Waals surface area contributed by atoms with Gasteiger partial charge in [0, 0.05) is 74.1 Å². The second-order valence-corrected chi connectivity index (χ2v) is 17.6. The summed E-state index contributed by atoms with van der Waals surface area (Å²) in [5, 5.41) is 9.64. The van der Waals surface area contributed by atoms with Crippen LogP contribution in [0.1, 0.15) is 102 Å². The third kappa shape index (κ3) is 7.96. The number of carbonyl (C=O) groups is 4. The van der Waals surface area contributed by atoms with Gasteiger partial charge in [0.2, 0.25) is 23.6 Å². The number of piperidine rings is 2. The van der Waals surface area contributed by atoms with Crippen molar-refractivity contribution in [2.45, 2.75) is 102 Å². The van der Waals surface area contributed by atoms with Crippen molar-refractivity contribution >= 4 is 40.6 Å². The van der Waals surface area contributed by atoms with Crippen LogP contribution in [0.4, 0.5) is 14.7 Å². The van der Waals surface area contributed by atoms with Crippen LogP contribution < -0.4 is 15.4 Å². The smallest absolute Gasteiger partial charge is 0.258 e. The lowest BCUT2D eigenvalue weighted by Crippen LogP contribution is -2.51. The van der Waals surface area contributed by atoms with E-state index in [9.17, 15) is 19.2 Å². The van der Waals surface area contributed by atoms with Crippen molar-refractivity contribution in [3.8, 4) is 17.1 Å². The summed E-state index contributed by atoms with van der Waals surface area (Å²) in [7, 11) is 3.68. The third-order valence-corrected chi connectivity index (χ3v) is 13.3. The fourth-order valence-corrected chi connectivity index (χ4v) is 10.1. The number of aromatic nitrogens is 5. The largest absolute Gasteiger partial charge is 0.477 e. The van der Waals surface area contributed by atoms with Crippen LogP contribution in [0.25, 0.3) is 22.3 Å². The number of carbonyl (C=O) groups excluding carboxylic acids is 4. The molecule has 4 amide bonds. The number of nitrogens with zero attached hydrogens (tertiary/aromatic N) is 7. The highest BCUT2D eigenvalue weighted by Gasteiger charge is 2.42. The maximum atomic E-state index is 15.3. The van der Waals surface area contributed by atoms with Gasteiger partial charge < -0.3 is 14.2 Å². The molecule has 9 rings (SSSR count). The molecular formula is C46H51F2N9O5. The zero-order valence-electron chi connectivity index (χ0n) is 35.4. The van der Waals surface area contributed by atoms with Crippen molar-refractivity contribution in [2.24, 2.45) is 13.0 Å². The molecule has 14 nitrogen and oxygen atoms in total. The Hall–Kier alpha value is -6.03. The summed E-state index contributed by atoms with van der Waals surface area (Å²) in [5.41, 5.74) is 4.58. The number of nitrogens with one attached hydrogen (secondary N) is 2. The van der Waals surface area contributed by atoms with E-state index >= 15 is 8.78 Å². The van der Waals surface area contributed by atoms with Gasteiger partial charge in [-0.3, -0.25) is 39.7 Å². The zero-order chi connectivity index (χ0) is 43.4. The Balaban J connectivity index is 0.900. The Labute approximate surface area is 358 Å². The van der Waals surface area contributed by atoms with Gasteiger partial charge in [0.25, 0.3) is 11.8 Å². The number of rotatable bonds is 6. The van der Waals surface area contributed by atoms with E-state index in [1.165, 1.54) is 12.1 Å². The van der Waals surface area contributed by atoms with Gasteiger partial charge in [0.15, 0.2) is 0 Å². The Kier molecular flexibility index (Phi) is 11.1. The lowest BCUT2D eigenvalue weighted by molar-refractivity contribution is -0.134. The molecule has 2 aromatic carbocycles. The van der Waals surface area contributed by atoms with E-state index in [0.29, 0.717) is 77.1 Å². The summed E-state index contributed by atoms with van der Waals surface area (Å²) in [6.45, 7) is 5.66. The van der Waals surface area contributed by atoms with E-state index in [1.807, 2.05) is 42.6 Å². The highest BCUT2D eigenvalue weighted by molar-refractivity contribution is 6.05. The number of aryl methyl sites for hydroxylation is 2. The molecule has 4 bridgehead atoms. The van der Waals surface area contributed by atoms with Gasteiger partial charge in [-0.25, -0.2) is 18.4 Å². The van der Waals surface area contributed by atoms with Crippen molar-refractivity contribution < 1.29 is 32.7 Å². The molecule has 62 heavy (non-hydrogen) atoms. The molecule has 1 unspecified atom stereocenters. The number of hydrogen-bond donors (Lipinski definition) is 2. The van der Waals surface area contributed by atoms with E-state index in [0.717, 1.165) is 44.0 Å². The molecule has 7 heterocycles. The topological polar surface area (TPSA) is 157 Å². The summed E-state index contributed by atoms with van der Waals surface area (Å²) >= 11 is 0. The molecule has 0 spiro atoms. The molecule has 0 saturated carbocycles. The molecule has 4 aliphatic rings. The summed E-state index contributed by atoms with van der Waals surface area (Å²) in [6, 6.07) is 12.1. The van der Waals surface area contributed by atoms with Gasteiger partial charge in [-0.2, -0.15) is 5.10 Å². The molecule has 0 aliphatic carbocycles. The summed E-state index contributed by atoms with van der Waals surface area (Å²) < 4.78 is 40.4. The predicted molar refractivity (Wildman–Crippen MR) is 227 cm³/mol. The molecule has 324 valence electrons. The molecule has 5 aromatic rings. The first-order valence-corrected chi connectivity index (χ1v) is 21.6. The maximum Gasteiger partial charge on any atom is 0.258 e. The van der Waals surface area contributed by atoms with Crippen LogP contribution in [0.3, 0.4) is 0 Å². The molecule has 4 aliphatic heterocycles. The van der Waals surface area contributed by atoms with Crippen molar-refractivity contribution in [1.29, 1.82) is 0 Å². The average molecular weight is 848 g/mol. The second kappa shape index (κ2) is 16.7. The van der Waals surface area contributed by atoms with Crippen LogP contribution in [0.2, 0.25) is 0 Å². The first-order valence-electron chi connectivity index (χ1n) is 21.6. The number of ether oxygens (including phenoxy) is 1. The number of anilines is 1. The maximum absolute atomic E-state index is 15.3. The minimum absolute atomic E-state index is 0.00918. The fourth-order valence-electron chi connectivity index (χ4n) is 10.1. The van der Waals surface area contributed by atoms with Crippen molar-refractivity contribution in [2.75, 3.05) is 25.5 Å². The zero-order valence-corrected chi connectivity index (χ0v) is 35.4. The lowest BCUT2D eigenvalue weighted by atomic mass is 9.88. The van der Waals surface area contributed by atoms with Gasteiger partial charge in [-0.1, -0.05) is 6.92 Å². The SMILES string of the molecule is Cc1cc2cc(n1)-c1cnn(C)c1OCCC[C@@H](C)Cn1c(nc3ccc(C(=O)N(C)C4C[C@H]5CC[C@@H](C4)N5CCc4cc(F)c([C@H]5CCC(=O)NC5=O)c(F)c4)cc31)NC2=O. The quantitative estimate of drug-likeness (QED) is 0.187. The molecule has 2 N–H and O–H groups in total. The number of hydrogen-bond acceptors (Lipinski definition) is 9. The first kappa shape index (κ1) is 41.3.